The van der Waals surface area contributed by atoms with Crippen LogP contribution in [0.3, 0.4) is 0 Å². The molecule has 102 valence electrons. The van der Waals surface area contributed by atoms with Gasteiger partial charge in [0.2, 0.25) is 0 Å². The first-order chi connectivity index (χ1) is 9.13. The summed E-state index contributed by atoms with van der Waals surface area (Å²) >= 11 is 5.89. The molecule has 5 nitrogen and oxygen atoms in total. The van der Waals surface area contributed by atoms with Gasteiger partial charge in [-0.25, -0.2) is 4.79 Å². The molecule has 1 saturated heterocycles. The number of morpholine rings is 1. The molecule has 0 aliphatic carbocycles. The monoisotopic (exact) mass is 282 g/mol. The SMILES string of the molecule is C[C@@H]1CN(Cn2c(=O)oc3cc(Cl)ccc32)CCO1. The van der Waals surface area contributed by atoms with Gasteiger partial charge in [0.05, 0.1) is 24.9 Å². The predicted molar refractivity (Wildman–Crippen MR) is 72.5 cm³/mol. The van der Waals surface area contributed by atoms with Crippen molar-refractivity contribution >= 4 is 22.7 Å². The summed E-state index contributed by atoms with van der Waals surface area (Å²) < 4.78 is 12.3. The summed E-state index contributed by atoms with van der Waals surface area (Å²) in [5, 5.41) is 0.563. The van der Waals surface area contributed by atoms with Crippen molar-refractivity contribution in [1.82, 2.24) is 9.47 Å². The van der Waals surface area contributed by atoms with Gasteiger partial charge in [0.1, 0.15) is 0 Å². The van der Waals surface area contributed by atoms with Crippen molar-refractivity contribution < 1.29 is 9.15 Å². The van der Waals surface area contributed by atoms with E-state index in [1.54, 1.807) is 16.7 Å². The van der Waals surface area contributed by atoms with Crippen molar-refractivity contribution in [2.24, 2.45) is 0 Å². The lowest BCUT2D eigenvalue weighted by atomic mass is 10.3. The Labute approximate surface area is 115 Å². The fourth-order valence-electron chi connectivity index (χ4n) is 2.39. The first kappa shape index (κ1) is 12.7. The maximum absolute atomic E-state index is 11.9. The van der Waals surface area contributed by atoms with Crippen molar-refractivity contribution in [3.05, 3.63) is 33.8 Å². The van der Waals surface area contributed by atoms with Gasteiger partial charge in [0.15, 0.2) is 5.58 Å². The molecule has 0 amide bonds. The molecule has 1 aliphatic heterocycles. The highest BCUT2D eigenvalue weighted by Gasteiger charge is 2.19. The normalized spacial score (nSPS) is 21.1. The molecule has 1 aromatic carbocycles. The van der Waals surface area contributed by atoms with E-state index in [2.05, 4.69) is 4.90 Å². The highest BCUT2D eigenvalue weighted by molar-refractivity contribution is 6.31. The number of halogens is 1. The molecule has 2 aromatic rings. The second kappa shape index (κ2) is 5.00. The third-order valence-corrected chi connectivity index (χ3v) is 3.53. The number of nitrogens with zero attached hydrogens (tertiary/aromatic N) is 2. The average molecular weight is 283 g/mol. The van der Waals surface area contributed by atoms with Gasteiger partial charge in [-0.2, -0.15) is 0 Å². The van der Waals surface area contributed by atoms with Crippen LogP contribution in [0.5, 0.6) is 0 Å². The van der Waals surface area contributed by atoms with E-state index in [-0.39, 0.29) is 11.9 Å². The fourth-order valence-corrected chi connectivity index (χ4v) is 2.56. The number of hydrogen-bond acceptors (Lipinski definition) is 4. The molecule has 1 aliphatic rings. The number of benzene rings is 1. The fraction of sp³-hybridized carbons (Fsp3) is 0.462. The summed E-state index contributed by atoms with van der Waals surface area (Å²) in [5.41, 5.74) is 1.30. The Morgan fingerprint density at radius 3 is 3.11 bits per heavy atom. The van der Waals surface area contributed by atoms with Crippen molar-refractivity contribution in [3.8, 4) is 0 Å². The lowest BCUT2D eigenvalue weighted by Gasteiger charge is -2.30. The zero-order valence-electron chi connectivity index (χ0n) is 10.6. The first-order valence-corrected chi connectivity index (χ1v) is 6.64. The second-order valence-corrected chi connectivity index (χ2v) is 5.24. The molecule has 3 rings (SSSR count). The molecular formula is C13H15ClN2O3. The molecule has 0 bridgehead atoms. The molecule has 19 heavy (non-hydrogen) atoms. The van der Waals surface area contributed by atoms with Gasteiger partial charge < -0.3 is 9.15 Å². The Hall–Kier alpha value is -1.30. The minimum atomic E-state index is -0.351. The third-order valence-electron chi connectivity index (χ3n) is 3.30. The van der Waals surface area contributed by atoms with Crippen LogP contribution >= 0.6 is 11.6 Å². The van der Waals surface area contributed by atoms with Gasteiger partial charge in [-0.05, 0) is 19.1 Å². The minimum absolute atomic E-state index is 0.192. The molecule has 1 atom stereocenters. The maximum Gasteiger partial charge on any atom is 0.421 e. The van der Waals surface area contributed by atoms with Crippen LogP contribution < -0.4 is 5.76 Å². The number of ether oxygens (including phenoxy) is 1. The predicted octanol–water partition coefficient (Wildman–Crippen LogP) is 1.93. The van der Waals surface area contributed by atoms with Gasteiger partial charge >= 0.3 is 5.76 Å². The Bertz CT molecular complexity index is 649. The Balaban J connectivity index is 1.92. The summed E-state index contributed by atoms with van der Waals surface area (Å²) in [5.74, 6) is -0.351. The Morgan fingerprint density at radius 2 is 2.32 bits per heavy atom. The van der Waals surface area contributed by atoms with Gasteiger partial charge in [0.25, 0.3) is 0 Å². The van der Waals surface area contributed by atoms with Crippen molar-refractivity contribution in [2.75, 3.05) is 19.7 Å². The number of aromatic nitrogens is 1. The molecule has 1 fully saturated rings. The van der Waals surface area contributed by atoms with E-state index in [0.717, 1.165) is 18.6 Å². The van der Waals surface area contributed by atoms with Crippen LogP contribution in [-0.2, 0) is 11.4 Å². The Kier molecular flexibility index (Phi) is 3.35. The second-order valence-electron chi connectivity index (χ2n) is 4.81. The van der Waals surface area contributed by atoms with Crippen molar-refractivity contribution in [2.45, 2.75) is 19.7 Å². The van der Waals surface area contributed by atoms with Gasteiger partial charge in [-0.15, -0.1) is 0 Å². The lowest BCUT2D eigenvalue weighted by Crippen LogP contribution is -2.43. The van der Waals surface area contributed by atoms with Gasteiger partial charge in [0, 0.05) is 24.2 Å². The quantitative estimate of drug-likeness (QED) is 0.844. The van der Waals surface area contributed by atoms with E-state index >= 15 is 0 Å². The topological polar surface area (TPSA) is 47.6 Å². The lowest BCUT2D eigenvalue weighted by molar-refractivity contribution is -0.0292. The maximum atomic E-state index is 11.9. The van der Waals surface area contributed by atoms with Crippen LogP contribution in [0.4, 0.5) is 0 Å². The molecule has 0 saturated carbocycles. The average Bonchev–Trinajstić information content (AvgIpc) is 2.65. The van der Waals surface area contributed by atoms with Crippen molar-refractivity contribution in [1.29, 1.82) is 0 Å². The number of fused-ring (bicyclic) bond motifs is 1. The van der Waals surface area contributed by atoms with E-state index in [9.17, 15) is 4.79 Å². The van der Waals surface area contributed by atoms with Crippen LogP contribution in [0.25, 0.3) is 11.1 Å². The van der Waals surface area contributed by atoms with Crippen LogP contribution in [0.2, 0.25) is 5.02 Å². The summed E-state index contributed by atoms with van der Waals surface area (Å²) in [4.78, 5) is 14.1. The molecule has 0 unspecified atom stereocenters. The van der Waals surface area contributed by atoms with E-state index in [4.69, 9.17) is 20.8 Å². The summed E-state index contributed by atoms with van der Waals surface area (Å²) in [6.45, 7) is 4.87. The van der Waals surface area contributed by atoms with Gasteiger partial charge in [-0.3, -0.25) is 9.47 Å². The molecule has 0 N–H and O–H groups in total. The first-order valence-electron chi connectivity index (χ1n) is 6.26. The standard InChI is InChI=1S/C13H15ClN2O3/c1-9-7-15(4-5-18-9)8-16-11-3-2-10(14)6-12(11)19-13(16)17/h2-3,6,9H,4-5,7-8H2,1H3/t9-/m1/s1. The smallest absolute Gasteiger partial charge is 0.408 e. The molecular weight excluding hydrogens is 268 g/mol. The summed E-state index contributed by atoms with van der Waals surface area (Å²) in [6.07, 6.45) is 0.192. The number of rotatable bonds is 2. The molecule has 1 aromatic heterocycles. The van der Waals surface area contributed by atoms with Crippen LogP contribution in [0.1, 0.15) is 6.92 Å². The Morgan fingerprint density at radius 1 is 1.47 bits per heavy atom. The van der Waals surface area contributed by atoms with E-state index < -0.39 is 0 Å². The van der Waals surface area contributed by atoms with Crippen molar-refractivity contribution in [3.63, 3.8) is 0 Å². The third kappa shape index (κ3) is 2.54. The largest absolute Gasteiger partial charge is 0.421 e. The van der Waals surface area contributed by atoms with Gasteiger partial charge in [-0.1, -0.05) is 11.6 Å². The van der Waals surface area contributed by atoms with Crippen LogP contribution in [0.15, 0.2) is 27.4 Å². The highest BCUT2D eigenvalue weighted by atomic mass is 35.5. The molecule has 0 spiro atoms. The molecule has 0 radical (unpaired) electrons. The minimum Gasteiger partial charge on any atom is -0.408 e. The zero-order chi connectivity index (χ0) is 13.4. The molecule has 6 heteroatoms. The highest BCUT2D eigenvalue weighted by Crippen LogP contribution is 2.19. The van der Waals surface area contributed by atoms with Crippen LogP contribution in [0, 0.1) is 0 Å². The number of hydrogen-bond donors (Lipinski definition) is 0. The summed E-state index contributed by atoms with van der Waals surface area (Å²) in [7, 11) is 0. The van der Waals surface area contributed by atoms with E-state index in [1.165, 1.54) is 0 Å². The molecule has 2 heterocycles. The van der Waals surface area contributed by atoms with E-state index in [0.29, 0.717) is 23.9 Å². The number of oxazole rings is 1. The zero-order valence-corrected chi connectivity index (χ0v) is 11.4. The van der Waals surface area contributed by atoms with Crippen LogP contribution in [-0.4, -0.2) is 35.3 Å². The van der Waals surface area contributed by atoms with E-state index in [1.807, 2.05) is 13.0 Å². The summed E-state index contributed by atoms with van der Waals surface area (Å²) in [6, 6.07) is 5.24.